The van der Waals surface area contributed by atoms with Crippen molar-refractivity contribution in [3.63, 3.8) is 0 Å². The largest absolute Gasteiger partial charge is 0.366 e. The lowest BCUT2D eigenvalue weighted by Gasteiger charge is -2.00. The molecule has 17 heavy (non-hydrogen) atoms. The molecule has 1 aromatic rings. The molecule has 2 nitrogen and oxygen atoms in total. The van der Waals surface area contributed by atoms with Crippen LogP contribution in [0.4, 0.5) is 0 Å². The normalized spacial score (nSPS) is 22.4. The van der Waals surface area contributed by atoms with Gasteiger partial charge in [-0.1, -0.05) is 5.92 Å². The number of hydrogen-bond acceptors (Lipinski definition) is 2. The van der Waals surface area contributed by atoms with Crippen molar-refractivity contribution >= 4 is 11.8 Å². The molecule has 1 aliphatic carbocycles. The summed E-state index contributed by atoms with van der Waals surface area (Å²) in [5.74, 6) is 7.15. The number of H-pyrrole nitrogens is 1. The highest BCUT2D eigenvalue weighted by atomic mass is 32.2. The second-order valence-electron chi connectivity index (χ2n) is 4.53. The molecule has 1 saturated carbocycles. The Morgan fingerprint density at radius 3 is 2.94 bits per heavy atom. The quantitative estimate of drug-likeness (QED) is 0.766. The third kappa shape index (κ3) is 2.65. The van der Waals surface area contributed by atoms with Gasteiger partial charge in [0.15, 0.2) is 12.4 Å². The standard InChI is InChI=1S/C14H14N2S/c1-10-16-14(9-17-10)5-2-11-6-13(8-15-7-11)12-3-4-12/h6-10,12,16H,3-4H2,1H3/p+1. The van der Waals surface area contributed by atoms with Crippen LogP contribution in [0, 0.1) is 11.8 Å². The lowest BCUT2D eigenvalue weighted by atomic mass is 10.1. The zero-order valence-electron chi connectivity index (χ0n) is 9.79. The van der Waals surface area contributed by atoms with Crippen molar-refractivity contribution in [1.82, 2.24) is 5.32 Å². The average Bonchev–Trinajstić information content (AvgIpc) is 3.11. The summed E-state index contributed by atoms with van der Waals surface area (Å²) in [5.41, 5.74) is 3.49. The highest BCUT2D eigenvalue weighted by molar-refractivity contribution is 8.02. The lowest BCUT2D eigenvalue weighted by Crippen LogP contribution is -2.15. The van der Waals surface area contributed by atoms with Crippen LogP contribution in [-0.4, -0.2) is 5.37 Å². The molecule has 1 aromatic heterocycles. The van der Waals surface area contributed by atoms with Gasteiger partial charge in [-0.05, 0) is 37.7 Å². The van der Waals surface area contributed by atoms with E-state index in [0.717, 1.165) is 17.2 Å². The SMILES string of the molecule is CC1NC(C#Cc2c[nH+]cc(C3CC3)c2)=CS1. The Morgan fingerprint density at radius 2 is 2.24 bits per heavy atom. The van der Waals surface area contributed by atoms with Crippen LogP contribution in [0.3, 0.4) is 0 Å². The number of nitrogens with one attached hydrogen (secondary N) is 2. The van der Waals surface area contributed by atoms with E-state index < -0.39 is 0 Å². The molecular weight excluding hydrogens is 228 g/mol. The van der Waals surface area contributed by atoms with Crippen molar-refractivity contribution in [2.45, 2.75) is 31.1 Å². The molecule has 2 N–H and O–H groups in total. The maximum atomic E-state index is 3.31. The van der Waals surface area contributed by atoms with Gasteiger partial charge in [0.1, 0.15) is 0 Å². The molecule has 2 heterocycles. The summed E-state index contributed by atoms with van der Waals surface area (Å²) in [4.78, 5) is 3.19. The van der Waals surface area contributed by atoms with Crippen LogP contribution < -0.4 is 10.3 Å². The predicted octanol–water partition coefficient (Wildman–Crippen LogP) is 2.25. The third-order valence-corrected chi connectivity index (χ3v) is 3.85. The maximum Gasteiger partial charge on any atom is 0.182 e. The van der Waals surface area contributed by atoms with Crippen LogP contribution in [0.1, 0.15) is 36.8 Å². The molecule has 0 saturated heterocycles. The van der Waals surface area contributed by atoms with Gasteiger partial charge in [-0.25, -0.2) is 4.98 Å². The van der Waals surface area contributed by atoms with E-state index in [1.54, 1.807) is 11.8 Å². The van der Waals surface area contributed by atoms with Crippen molar-refractivity contribution in [2.24, 2.45) is 0 Å². The van der Waals surface area contributed by atoms with Crippen molar-refractivity contribution in [3.05, 3.63) is 40.7 Å². The summed E-state index contributed by atoms with van der Waals surface area (Å²) in [6, 6.07) is 2.20. The van der Waals surface area contributed by atoms with Gasteiger partial charge >= 0.3 is 0 Å². The van der Waals surface area contributed by atoms with E-state index in [2.05, 4.69) is 46.7 Å². The van der Waals surface area contributed by atoms with Crippen molar-refractivity contribution < 1.29 is 4.98 Å². The van der Waals surface area contributed by atoms with Gasteiger partial charge in [0.05, 0.1) is 16.6 Å². The van der Waals surface area contributed by atoms with Gasteiger partial charge in [-0.2, -0.15) is 0 Å². The molecular formula is C14H15N2S+. The van der Waals surface area contributed by atoms with Gasteiger partial charge in [0.2, 0.25) is 0 Å². The second-order valence-corrected chi connectivity index (χ2v) is 5.75. The predicted molar refractivity (Wildman–Crippen MR) is 70.1 cm³/mol. The number of rotatable bonds is 1. The first-order chi connectivity index (χ1) is 8.31. The number of pyridine rings is 1. The molecule has 0 spiro atoms. The summed E-state index contributed by atoms with van der Waals surface area (Å²) in [7, 11) is 0. The summed E-state index contributed by atoms with van der Waals surface area (Å²) in [6.45, 7) is 2.14. The van der Waals surface area contributed by atoms with Crippen LogP contribution in [0.5, 0.6) is 0 Å². The van der Waals surface area contributed by atoms with Crippen LogP contribution in [0.25, 0.3) is 0 Å². The van der Waals surface area contributed by atoms with Gasteiger partial charge in [0, 0.05) is 11.0 Å². The third-order valence-electron chi connectivity index (χ3n) is 2.95. The average molecular weight is 243 g/mol. The fraction of sp³-hybridized carbons (Fsp3) is 0.357. The van der Waals surface area contributed by atoms with E-state index in [4.69, 9.17) is 0 Å². The minimum absolute atomic E-state index is 0.448. The zero-order chi connectivity index (χ0) is 11.7. The van der Waals surface area contributed by atoms with E-state index in [1.165, 1.54) is 18.4 Å². The van der Waals surface area contributed by atoms with Crippen LogP contribution in [-0.2, 0) is 0 Å². The smallest absolute Gasteiger partial charge is 0.182 e. The topological polar surface area (TPSA) is 26.2 Å². The second kappa shape index (κ2) is 4.46. The molecule has 0 amide bonds. The Morgan fingerprint density at radius 1 is 1.35 bits per heavy atom. The minimum atomic E-state index is 0.448. The van der Waals surface area contributed by atoms with Gasteiger partial charge in [0.25, 0.3) is 0 Å². The number of allylic oxidation sites excluding steroid dienone is 1. The Bertz CT molecular complexity index is 521. The number of thioether (sulfide) groups is 1. The molecule has 0 radical (unpaired) electrons. The molecule has 0 bridgehead atoms. The minimum Gasteiger partial charge on any atom is -0.366 e. The molecule has 1 atom stereocenters. The summed E-state index contributed by atoms with van der Waals surface area (Å²) in [5, 5.41) is 5.85. The molecule has 1 fully saturated rings. The Balaban J connectivity index is 1.76. The Hall–Kier alpha value is -1.40. The summed E-state index contributed by atoms with van der Waals surface area (Å²) in [6.07, 6.45) is 6.70. The van der Waals surface area contributed by atoms with Gasteiger partial charge in [-0.15, -0.1) is 11.8 Å². The van der Waals surface area contributed by atoms with E-state index in [-0.39, 0.29) is 0 Å². The number of aromatic amines is 1. The van der Waals surface area contributed by atoms with E-state index in [1.807, 2.05) is 6.20 Å². The van der Waals surface area contributed by atoms with Crippen molar-refractivity contribution in [3.8, 4) is 11.8 Å². The molecule has 3 heteroatoms. The summed E-state index contributed by atoms with van der Waals surface area (Å²) >= 11 is 1.78. The van der Waals surface area contributed by atoms with E-state index in [0.29, 0.717) is 5.37 Å². The zero-order valence-corrected chi connectivity index (χ0v) is 10.6. The monoisotopic (exact) mass is 243 g/mol. The first-order valence-electron chi connectivity index (χ1n) is 5.96. The Labute approximate surface area is 106 Å². The molecule has 86 valence electrons. The summed E-state index contributed by atoms with van der Waals surface area (Å²) < 4.78 is 0. The van der Waals surface area contributed by atoms with Crippen LogP contribution >= 0.6 is 11.8 Å². The molecule has 2 aliphatic rings. The van der Waals surface area contributed by atoms with Gasteiger partial charge in [-0.3, -0.25) is 0 Å². The van der Waals surface area contributed by atoms with Crippen LogP contribution in [0.15, 0.2) is 29.6 Å². The van der Waals surface area contributed by atoms with E-state index >= 15 is 0 Å². The van der Waals surface area contributed by atoms with Crippen molar-refractivity contribution in [1.29, 1.82) is 0 Å². The van der Waals surface area contributed by atoms with Crippen LogP contribution in [0.2, 0.25) is 0 Å². The first kappa shape index (κ1) is 10.7. The molecule has 3 rings (SSSR count). The Kier molecular flexibility index (Phi) is 2.82. The number of hydrogen-bond donors (Lipinski definition) is 1. The van der Waals surface area contributed by atoms with Gasteiger partial charge < -0.3 is 5.32 Å². The highest BCUT2D eigenvalue weighted by Crippen LogP contribution is 2.39. The lowest BCUT2D eigenvalue weighted by molar-refractivity contribution is -0.379. The van der Waals surface area contributed by atoms with E-state index in [9.17, 15) is 0 Å². The molecule has 1 aliphatic heterocycles. The first-order valence-corrected chi connectivity index (χ1v) is 6.91. The van der Waals surface area contributed by atoms with Crippen molar-refractivity contribution in [2.75, 3.05) is 0 Å². The maximum absolute atomic E-state index is 3.31. The molecule has 0 aromatic carbocycles. The molecule has 1 unspecified atom stereocenters. The highest BCUT2D eigenvalue weighted by Gasteiger charge is 2.25. The fourth-order valence-corrected chi connectivity index (χ4v) is 2.54. The fourth-order valence-electron chi connectivity index (χ4n) is 1.88. The number of aromatic nitrogens is 1.